The highest BCUT2D eigenvalue weighted by Gasteiger charge is 2.22. The van der Waals surface area contributed by atoms with Crippen molar-refractivity contribution in [2.75, 3.05) is 23.3 Å². The summed E-state index contributed by atoms with van der Waals surface area (Å²) < 4.78 is 15.9. The van der Waals surface area contributed by atoms with Crippen molar-refractivity contribution in [3.8, 4) is 5.69 Å². The number of carbonyl (C=O) groups excluding carboxylic acids is 1. The molecule has 3 aromatic rings. The maximum atomic E-state index is 14.5. The third-order valence-corrected chi connectivity index (χ3v) is 5.40. The number of nitrogens with zero attached hydrogens (tertiary/aromatic N) is 4. The Kier molecular flexibility index (Phi) is 6.69. The molecule has 1 aliphatic heterocycles. The summed E-state index contributed by atoms with van der Waals surface area (Å²) in [5.74, 6) is 10.4. The Morgan fingerprint density at radius 1 is 1.18 bits per heavy atom. The molecule has 12 heteroatoms. The highest BCUT2D eigenvalue weighted by molar-refractivity contribution is 5.94. The van der Waals surface area contributed by atoms with Crippen molar-refractivity contribution in [3.63, 3.8) is 0 Å². The molecule has 0 atom stereocenters. The van der Waals surface area contributed by atoms with Gasteiger partial charge in [0.1, 0.15) is 11.7 Å². The van der Waals surface area contributed by atoms with Crippen molar-refractivity contribution >= 4 is 29.1 Å². The fourth-order valence-electron chi connectivity index (χ4n) is 3.58. The lowest BCUT2D eigenvalue weighted by atomic mass is 10.1. The number of rotatable bonds is 7. The first-order valence-electron chi connectivity index (χ1n) is 10.5. The highest BCUT2D eigenvalue weighted by Crippen LogP contribution is 2.25. The molecule has 1 aromatic heterocycles. The van der Waals surface area contributed by atoms with Crippen molar-refractivity contribution < 1.29 is 9.18 Å². The molecular formula is C22H24FN9O2. The summed E-state index contributed by atoms with van der Waals surface area (Å²) in [5.41, 5.74) is 4.16. The normalized spacial score (nSPS) is 13.6. The first-order valence-corrected chi connectivity index (χ1v) is 10.5. The number of anilines is 3. The number of hydrazine groups is 1. The van der Waals surface area contributed by atoms with Gasteiger partial charge in [0.05, 0.1) is 5.69 Å². The van der Waals surface area contributed by atoms with E-state index in [1.807, 2.05) is 12.1 Å². The number of benzene rings is 2. The van der Waals surface area contributed by atoms with Crippen molar-refractivity contribution in [2.45, 2.75) is 12.8 Å². The van der Waals surface area contributed by atoms with Crippen LogP contribution in [0.25, 0.3) is 5.69 Å². The molecule has 0 bridgehead atoms. The monoisotopic (exact) mass is 465 g/mol. The lowest BCUT2D eigenvalue weighted by Crippen LogP contribution is -2.31. The first kappa shape index (κ1) is 22.7. The van der Waals surface area contributed by atoms with Gasteiger partial charge in [0.15, 0.2) is 5.82 Å². The number of urea groups is 1. The van der Waals surface area contributed by atoms with Crippen LogP contribution in [-0.4, -0.2) is 34.5 Å². The Morgan fingerprint density at radius 3 is 2.62 bits per heavy atom. The smallest absolute Gasteiger partial charge is 0.321 e. The lowest BCUT2D eigenvalue weighted by molar-refractivity contribution is 0.252. The van der Waals surface area contributed by atoms with Gasteiger partial charge in [-0.05, 0) is 42.3 Å². The average molecular weight is 465 g/mol. The number of amides is 2. The Bertz CT molecular complexity index is 1270. The SMILES string of the molecule is N/N=C(/CCc1ccc(-n2ccnc(Nc3cc(N4CCNC4=O)ccc3F)c2=O)cc1)NN. The minimum atomic E-state index is -0.573. The Hall–Kier alpha value is -4.45. The molecule has 2 aromatic carbocycles. The number of amidine groups is 1. The van der Waals surface area contributed by atoms with E-state index < -0.39 is 11.4 Å². The molecule has 2 heterocycles. The molecule has 0 spiro atoms. The topological polar surface area (TPSA) is 156 Å². The number of hydrogen-bond acceptors (Lipinski definition) is 7. The van der Waals surface area contributed by atoms with E-state index >= 15 is 0 Å². The second kappa shape index (κ2) is 10.0. The number of aromatic nitrogens is 2. The number of nitrogens with one attached hydrogen (secondary N) is 3. The number of carbonyl (C=O) groups is 1. The molecule has 4 rings (SSSR count). The van der Waals surface area contributed by atoms with Crippen molar-refractivity contribution in [1.82, 2.24) is 20.3 Å². The molecule has 1 fully saturated rings. The molecule has 0 radical (unpaired) electrons. The van der Waals surface area contributed by atoms with Gasteiger partial charge in [-0.15, -0.1) is 0 Å². The summed E-state index contributed by atoms with van der Waals surface area (Å²) in [4.78, 5) is 30.5. The predicted octanol–water partition coefficient (Wildman–Crippen LogP) is 1.31. The molecule has 34 heavy (non-hydrogen) atoms. The van der Waals surface area contributed by atoms with Crippen LogP contribution in [0, 0.1) is 5.82 Å². The molecule has 0 saturated carbocycles. The molecular weight excluding hydrogens is 441 g/mol. The maximum Gasteiger partial charge on any atom is 0.321 e. The lowest BCUT2D eigenvalue weighted by Gasteiger charge is -2.16. The predicted molar refractivity (Wildman–Crippen MR) is 128 cm³/mol. The van der Waals surface area contributed by atoms with Crippen LogP contribution in [0.2, 0.25) is 0 Å². The molecule has 0 aliphatic carbocycles. The van der Waals surface area contributed by atoms with Crippen molar-refractivity contribution in [3.05, 3.63) is 76.6 Å². The highest BCUT2D eigenvalue weighted by atomic mass is 19.1. The van der Waals surface area contributed by atoms with E-state index in [0.29, 0.717) is 43.1 Å². The van der Waals surface area contributed by atoms with Crippen molar-refractivity contribution in [1.29, 1.82) is 0 Å². The zero-order valence-electron chi connectivity index (χ0n) is 18.2. The third-order valence-electron chi connectivity index (χ3n) is 5.40. The van der Waals surface area contributed by atoms with Gasteiger partial charge in [-0.25, -0.2) is 20.0 Å². The Morgan fingerprint density at radius 2 is 1.94 bits per heavy atom. The summed E-state index contributed by atoms with van der Waals surface area (Å²) in [6, 6.07) is 11.3. The van der Waals surface area contributed by atoms with Gasteiger partial charge >= 0.3 is 6.03 Å². The third kappa shape index (κ3) is 4.81. The van der Waals surface area contributed by atoms with E-state index in [4.69, 9.17) is 11.7 Å². The van der Waals surface area contributed by atoms with E-state index in [9.17, 15) is 14.0 Å². The van der Waals surface area contributed by atoms with E-state index in [2.05, 4.69) is 26.1 Å². The quantitative estimate of drug-likeness (QED) is 0.152. The second-order valence-corrected chi connectivity index (χ2v) is 7.51. The summed E-state index contributed by atoms with van der Waals surface area (Å²) in [6.45, 7) is 0.980. The number of hydrogen-bond donors (Lipinski definition) is 5. The summed E-state index contributed by atoms with van der Waals surface area (Å²) >= 11 is 0. The number of halogens is 1. The second-order valence-electron chi connectivity index (χ2n) is 7.51. The van der Waals surface area contributed by atoms with Crippen LogP contribution in [0.15, 0.2) is 64.8 Å². The van der Waals surface area contributed by atoms with Gasteiger partial charge in [0, 0.05) is 43.3 Å². The van der Waals surface area contributed by atoms with E-state index in [0.717, 1.165) is 5.56 Å². The Labute approximate surface area is 194 Å². The van der Waals surface area contributed by atoms with Crippen LogP contribution in [0.5, 0.6) is 0 Å². The van der Waals surface area contributed by atoms with Gasteiger partial charge in [-0.2, -0.15) is 5.10 Å². The molecule has 176 valence electrons. The van der Waals surface area contributed by atoms with Gasteiger partial charge < -0.3 is 21.9 Å². The Balaban J connectivity index is 1.55. The molecule has 11 nitrogen and oxygen atoms in total. The van der Waals surface area contributed by atoms with Gasteiger partial charge in [0.25, 0.3) is 5.56 Å². The molecule has 1 aliphatic rings. The zero-order valence-corrected chi connectivity index (χ0v) is 18.2. The zero-order chi connectivity index (χ0) is 24.1. The summed E-state index contributed by atoms with van der Waals surface area (Å²) in [6.07, 6.45) is 4.17. The largest absolute Gasteiger partial charge is 0.336 e. The molecule has 7 N–H and O–H groups in total. The summed E-state index contributed by atoms with van der Waals surface area (Å²) in [7, 11) is 0. The average Bonchev–Trinajstić information content (AvgIpc) is 3.28. The minimum Gasteiger partial charge on any atom is -0.336 e. The van der Waals surface area contributed by atoms with E-state index in [1.54, 1.807) is 12.1 Å². The van der Waals surface area contributed by atoms with Crippen LogP contribution in [0.3, 0.4) is 0 Å². The van der Waals surface area contributed by atoms with E-state index in [-0.39, 0.29) is 17.5 Å². The summed E-state index contributed by atoms with van der Waals surface area (Å²) in [5, 5.41) is 9.01. The number of nitrogens with two attached hydrogens (primary N) is 2. The van der Waals surface area contributed by atoms with Gasteiger partial charge in [-0.1, -0.05) is 12.1 Å². The first-order chi connectivity index (χ1) is 16.5. The minimum absolute atomic E-state index is 0.0424. The van der Waals surface area contributed by atoms with Gasteiger partial charge in [0.2, 0.25) is 0 Å². The maximum absolute atomic E-state index is 14.5. The fourth-order valence-corrected chi connectivity index (χ4v) is 3.58. The van der Waals surface area contributed by atoms with E-state index in [1.165, 1.54) is 40.1 Å². The molecule has 1 saturated heterocycles. The van der Waals surface area contributed by atoms with Crippen LogP contribution >= 0.6 is 0 Å². The standard InChI is InChI=1S/C22H24FN9O2/c23-17-7-6-16(32-12-10-27-22(32)34)13-18(17)28-20-21(33)31(11-9-26-20)15-4-1-14(2-5-15)3-8-19(29-24)30-25/h1-2,4-7,9,11,13H,3,8,10,12,24-25H2,(H,26,28)(H,27,34)(H,29,30). The van der Waals surface area contributed by atoms with Crippen LogP contribution in [-0.2, 0) is 6.42 Å². The van der Waals surface area contributed by atoms with Crippen LogP contribution in [0.1, 0.15) is 12.0 Å². The molecule has 2 amide bonds. The number of aryl methyl sites for hydroxylation is 1. The van der Waals surface area contributed by atoms with Crippen LogP contribution in [0.4, 0.5) is 26.4 Å². The van der Waals surface area contributed by atoms with Crippen molar-refractivity contribution in [2.24, 2.45) is 16.8 Å². The van der Waals surface area contributed by atoms with Crippen LogP contribution < -0.4 is 38.2 Å². The number of hydrazone groups is 1. The van der Waals surface area contributed by atoms with Gasteiger partial charge in [-0.3, -0.25) is 14.3 Å². The molecule has 0 unspecified atom stereocenters. The fraction of sp³-hybridized carbons (Fsp3) is 0.182.